The molecule has 10 heteroatoms. The van der Waals surface area contributed by atoms with Crippen LogP contribution in [0.2, 0.25) is 0 Å². The molecule has 0 aliphatic rings. The van der Waals surface area contributed by atoms with Crippen molar-refractivity contribution in [1.29, 1.82) is 0 Å². The summed E-state index contributed by atoms with van der Waals surface area (Å²) in [5.74, 6) is 0. The van der Waals surface area contributed by atoms with Crippen molar-refractivity contribution in [2.45, 2.75) is 11.3 Å². The van der Waals surface area contributed by atoms with Crippen molar-refractivity contribution >= 4 is 37.3 Å². The maximum atomic E-state index is 12.0. The van der Waals surface area contributed by atoms with Crippen LogP contribution >= 0.6 is 12.2 Å². The Hall–Kier alpha value is -1.07. The van der Waals surface area contributed by atoms with E-state index >= 15 is 0 Å². The highest BCUT2D eigenvalue weighted by molar-refractivity contribution is 7.89. The summed E-state index contributed by atoms with van der Waals surface area (Å²) in [5.41, 5.74) is 6.02. The second-order valence-electron chi connectivity index (χ2n) is 4.31. The molecule has 0 radical (unpaired) electrons. The molecule has 0 saturated carbocycles. The maximum Gasteiger partial charge on any atom is 0.240 e. The molecule has 7 nitrogen and oxygen atoms in total. The summed E-state index contributed by atoms with van der Waals surface area (Å²) in [6, 6.07) is 5.88. The molecule has 0 aliphatic heterocycles. The Kier molecular flexibility index (Phi) is 6.23. The molecule has 0 atom stereocenters. The van der Waals surface area contributed by atoms with Crippen molar-refractivity contribution in [3.05, 3.63) is 29.8 Å². The second kappa shape index (κ2) is 7.27. The van der Waals surface area contributed by atoms with Crippen molar-refractivity contribution in [3.8, 4) is 0 Å². The molecule has 0 unspecified atom stereocenters. The molecule has 0 amide bonds. The third-order valence-electron chi connectivity index (χ3n) is 2.46. The summed E-state index contributed by atoms with van der Waals surface area (Å²) in [4.78, 5) is 0.289. The van der Waals surface area contributed by atoms with Crippen LogP contribution in [0.4, 0.5) is 0 Å². The zero-order valence-electron chi connectivity index (χ0n) is 11.4. The first-order chi connectivity index (χ1) is 9.62. The maximum absolute atomic E-state index is 12.0. The molecule has 1 rings (SSSR count). The van der Waals surface area contributed by atoms with Gasteiger partial charge in [-0.3, -0.25) is 0 Å². The van der Waals surface area contributed by atoms with E-state index in [4.69, 9.17) is 18.0 Å². The van der Waals surface area contributed by atoms with Gasteiger partial charge < -0.3 is 5.73 Å². The molecule has 1 aromatic rings. The van der Waals surface area contributed by atoms with E-state index in [9.17, 15) is 16.8 Å². The molecular formula is C11H17N3O4S3. The van der Waals surface area contributed by atoms with Crippen molar-refractivity contribution < 1.29 is 16.8 Å². The van der Waals surface area contributed by atoms with Crippen LogP contribution in [0, 0.1) is 0 Å². The van der Waals surface area contributed by atoms with E-state index in [1.54, 1.807) is 0 Å². The molecule has 0 bridgehead atoms. The first kappa shape index (κ1) is 18.0. The van der Waals surface area contributed by atoms with Crippen molar-refractivity contribution in [2.24, 2.45) is 5.73 Å². The van der Waals surface area contributed by atoms with Crippen LogP contribution in [0.25, 0.3) is 0 Å². The molecule has 4 N–H and O–H groups in total. The summed E-state index contributed by atoms with van der Waals surface area (Å²) in [5, 5.41) is 0. The number of benzene rings is 1. The number of nitrogens with two attached hydrogens (primary N) is 1. The van der Waals surface area contributed by atoms with Gasteiger partial charge in [0, 0.05) is 18.7 Å². The number of thiocarbonyl (C=S) groups is 1. The number of nitrogens with one attached hydrogen (secondary N) is 2. The lowest BCUT2D eigenvalue weighted by Gasteiger charge is -2.07. The quantitative estimate of drug-likeness (QED) is 0.431. The van der Waals surface area contributed by atoms with Crippen molar-refractivity contribution in [3.63, 3.8) is 0 Å². The molecule has 118 valence electrons. The van der Waals surface area contributed by atoms with E-state index in [0.29, 0.717) is 12.0 Å². The Balaban J connectivity index is 2.55. The van der Waals surface area contributed by atoms with Crippen LogP contribution in [-0.2, 0) is 20.0 Å². The van der Waals surface area contributed by atoms with Crippen LogP contribution in [0.5, 0.6) is 0 Å². The summed E-state index contributed by atoms with van der Waals surface area (Å²) in [6.07, 6.45) is 1.39. The fourth-order valence-corrected chi connectivity index (χ4v) is 3.16. The zero-order chi connectivity index (χ0) is 16.1. The van der Waals surface area contributed by atoms with Gasteiger partial charge in [-0.1, -0.05) is 24.4 Å². The summed E-state index contributed by atoms with van der Waals surface area (Å²) in [7, 11) is -6.89. The third kappa shape index (κ3) is 6.48. The molecule has 0 spiro atoms. The molecule has 0 fully saturated rings. The fraction of sp³-hybridized carbons (Fsp3) is 0.364. The normalized spacial score (nSPS) is 12.2. The highest BCUT2D eigenvalue weighted by atomic mass is 32.2. The van der Waals surface area contributed by atoms with Crippen molar-refractivity contribution in [1.82, 2.24) is 9.44 Å². The largest absolute Gasteiger partial charge is 0.389 e. The molecule has 21 heavy (non-hydrogen) atoms. The second-order valence-corrected chi connectivity index (χ2v) is 8.35. The lowest BCUT2D eigenvalue weighted by molar-refractivity contribution is 0.575. The predicted octanol–water partition coefficient (Wildman–Crippen LogP) is -0.462. The Morgan fingerprint density at radius 1 is 1.10 bits per heavy atom. The molecular weight excluding hydrogens is 334 g/mol. The zero-order valence-corrected chi connectivity index (χ0v) is 13.8. The number of rotatable bonds is 8. The minimum Gasteiger partial charge on any atom is -0.389 e. The van der Waals surface area contributed by atoms with E-state index in [-0.39, 0.29) is 23.0 Å². The van der Waals surface area contributed by atoms with Gasteiger partial charge in [-0.2, -0.15) is 0 Å². The van der Waals surface area contributed by atoms with Gasteiger partial charge in [-0.15, -0.1) is 0 Å². The standard InChI is InChI=1S/C11H17N3O4S3/c1-20(15,16)13-7-2-8-14-21(17,18)10-5-3-9(4-6-10)11(12)19/h3-6,13-14H,2,7-8H2,1H3,(H2,12,19). The topological polar surface area (TPSA) is 118 Å². The van der Waals surface area contributed by atoms with Crippen LogP contribution in [-0.4, -0.2) is 41.2 Å². The van der Waals surface area contributed by atoms with Gasteiger partial charge in [0.1, 0.15) is 4.99 Å². The Labute approximate surface area is 130 Å². The average Bonchev–Trinajstić information content (AvgIpc) is 2.37. The summed E-state index contributed by atoms with van der Waals surface area (Å²) in [6.45, 7) is 0.295. The van der Waals surface area contributed by atoms with Crippen LogP contribution in [0.15, 0.2) is 29.2 Å². The molecule has 1 aromatic carbocycles. The van der Waals surface area contributed by atoms with Gasteiger partial charge in [-0.25, -0.2) is 26.3 Å². The van der Waals surface area contributed by atoms with Gasteiger partial charge in [-0.05, 0) is 18.6 Å². The Morgan fingerprint density at radius 2 is 1.62 bits per heavy atom. The Bertz CT molecular complexity index is 697. The van der Waals surface area contributed by atoms with E-state index < -0.39 is 20.0 Å². The fourth-order valence-electron chi connectivity index (χ4n) is 1.43. The highest BCUT2D eigenvalue weighted by Crippen LogP contribution is 2.10. The van der Waals surface area contributed by atoms with Gasteiger partial charge in [0.2, 0.25) is 20.0 Å². The lowest BCUT2D eigenvalue weighted by Crippen LogP contribution is -2.29. The first-order valence-electron chi connectivity index (χ1n) is 5.96. The average molecular weight is 351 g/mol. The third-order valence-corrected chi connectivity index (χ3v) is 4.90. The van der Waals surface area contributed by atoms with Crippen LogP contribution < -0.4 is 15.2 Å². The monoisotopic (exact) mass is 351 g/mol. The summed E-state index contributed by atoms with van der Waals surface area (Å²) >= 11 is 4.78. The van der Waals surface area contributed by atoms with E-state index in [2.05, 4.69) is 9.44 Å². The minimum atomic E-state index is -3.63. The van der Waals surface area contributed by atoms with E-state index in [1.807, 2.05) is 0 Å². The van der Waals surface area contributed by atoms with Gasteiger partial charge in [0.05, 0.1) is 11.2 Å². The molecule has 0 heterocycles. The van der Waals surface area contributed by atoms with E-state index in [0.717, 1.165) is 6.26 Å². The molecule has 0 aromatic heterocycles. The number of hydrogen-bond acceptors (Lipinski definition) is 5. The molecule has 0 aliphatic carbocycles. The van der Waals surface area contributed by atoms with Crippen molar-refractivity contribution in [2.75, 3.05) is 19.3 Å². The van der Waals surface area contributed by atoms with E-state index in [1.165, 1.54) is 24.3 Å². The predicted molar refractivity (Wildman–Crippen MR) is 85.0 cm³/mol. The molecule has 0 saturated heterocycles. The van der Waals surface area contributed by atoms with Gasteiger partial charge in [0.15, 0.2) is 0 Å². The number of sulfonamides is 2. The minimum absolute atomic E-state index is 0.0959. The van der Waals surface area contributed by atoms with Gasteiger partial charge >= 0.3 is 0 Å². The first-order valence-corrected chi connectivity index (χ1v) is 9.74. The SMILES string of the molecule is CS(=O)(=O)NCCCNS(=O)(=O)c1ccc(C(N)=S)cc1. The summed E-state index contributed by atoms with van der Waals surface area (Å²) < 4.78 is 50.2. The smallest absolute Gasteiger partial charge is 0.240 e. The number of hydrogen-bond donors (Lipinski definition) is 3. The Morgan fingerprint density at radius 3 is 2.10 bits per heavy atom. The highest BCUT2D eigenvalue weighted by Gasteiger charge is 2.13. The lowest BCUT2D eigenvalue weighted by atomic mass is 10.2. The van der Waals surface area contributed by atoms with Gasteiger partial charge in [0.25, 0.3) is 0 Å². The van der Waals surface area contributed by atoms with Crippen LogP contribution in [0.3, 0.4) is 0 Å². The van der Waals surface area contributed by atoms with Crippen LogP contribution in [0.1, 0.15) is 12.0 Å².